The van der Waals surface area contributed by atoms with E-state index in [9.17, 15) is 9.32 Å². The zero-order chi connectivity index (χ0) is 15.0. The number of hydrogen-bond acceptors (Lipinski definition) is 4. The molecule has 0 heterocycles. The third-order valence-electron chi connectivity index (χ3n) is 3.95. The Morgan fingerprint density at radius 2 is 2.20 bits per heavy atom. The molecule has 0 amide bonds. The van der Waals surface area contributed by atoms with Crippen molar-refractivity contribution in [3.8, 4) is 0 Å². The number of ether oxygens (including phenoxy) is 1. The molecule has 0 bridgehead atoms. The van der Waals surface area contributed by atoms with E-state index in [1.54, 1.807) is 6.26 Å². The fourth-order valence-electron chi connectivity index (χ4n) is 2.62. The van der Waals surface area contributed by atoms with Crippen LogP contribution in [-0.4, -0.2) is 52.7 Å². The van der Waals surface area contributed by atoms with Crippen molar-refractivity contribution in [1.82, 2.24) is 5.32 Å². The maximum Gasteiger partial charge on any atom is 0.0897 e. The standard InChI is InChI=1S/C15H31NO3S/c1-12-5-4-6-15(9-12)19-11-14(17)10-16-13(2)7-8-20(3)18/h12-17H,4-11H2,1-3H3. The summed E-state index contributed by atoms with van der Waals surface area (Å²) >= 11 is 0. The maximum absolute atomic E-state index is 11.0. The fraction of sp³-hybridized carbons (Fsp3) is 1.00. The summed E-state index contributed by atoms with van der Waals surface area (Å²) in [4.78, 5) is 0. The highest BCUT2D eigenvalue weighted by Crippen LogP contribution is 2.25. The minimum atomic E-state index is -0.738. The summed E-state index contributed by atoms with van der Waals surface area (Å²) in [6, 6.07) is 0.281. The van der Waals surface area contributed by atoms with Gasteiger partial charge in [0.25, 0.3) is 0 Å². The van der Waals surface area contributed by atoms with Crippen LogP contribution in [0.3, 0.4) is 0 Å². The lowest BCUT2D eigenvalue weighted by molar-refractivity contribution is -0.0310. The first kappa shape index (κ1) is 18.1. The molecule has 0 aromatic rings. The van der Waals surface area contributed by atoms with Gasteiger partial charge in [0.1, 0.15) is 0 Å². The molecule has 20 heavy (non-hydrogen) atoms. The van der Waals surface area contributed by atoms with E-state index in [2.05, 4.69) is 19.2 Å². The van der Waals surface area contributed by atoms with E-state index in [0.29, 0.717) is 25.0 Å². The first-order valence-corrected chi connectivity index (χ1v) is 9.53. The number of aliphatic hydroxyl groups excluding tert-OH is 1. The third kappa shape index (κ3) is 8.35. The van der Waals surface area contributed by atoms with Gasteiger partial charge < -0.3 is 15.2 Å². The second kappa shape index (κ2) is 9.87. The van der Waals surface area contributed by atoms with Crippen molar-refractivity contribution in [2.45, 2.75) is 64.2 Å². The predicted molar refractivity (Wildman–Crippen MR) is 84.4 cm³/mol. The van der Waals surface area contributed by atoms with Crippen molar-refractivity contribution in [1.29, 1.82) is 0 Å². The summed E-state index contributed by atoms with van der Waals surface area (Å²) < 4.78 is 16.8. The number of nitrogens with one attached hydrogen (secondary N) is 1. The summed E-state index contributed by atoms with van der Waals surface area (Å²) in [7, 11) is -0.738. The highest BCUT2D eigenvalue weighted by atomic mass is 32.2. The molecule has 0 radical (unpaired) electrons. The minimum absolute atomic E-state index is 0.281. The van der Waals surface area contributed by atoms with Crippen LogP contribution in [0, 0.1) is 5.92 Å². The van der Waals surface area contributed by atoms with Gasteiger partial charge >= 0.3 is 0 Å². The van der Waals surface area contributed by atoms with Crippen LogP contribution in [-0.2, 0) is 15.5 Å². The lowest BCUT2D eigenvalue weighted by atomic mass is 9.89. The van der Waals surface area contributed by atoms with Crippen LogP contribution in [0.25, 0.3) is 0 Å². The van der Waals surface area contributed by atoms with Crippen LogP contribution in [0.1, 0.15) is 46.0 Å². The SMILES string of the molecule is CC1CCCC(OCC(O)CNC(C)CCS(C)=O)C1. The predicted octanol–water partition coefficient (Wildman–Crippen LogP) is 1.69. The Hall–Kier alpha value is 0.0300. The molecule has 5 atom stereocenters. The van der Waals surface area contributed by atoms with Crippen LogP contribution >= 0.6 is 0 Å². The quantitative estimate of drug-likeness (QED) is 0.680. The van der Waals surface area contributed by atoms with Gasteiger partial charge in [0, 0.05) is 35.4 Å². The zero-order valence-corrected chi connectivity index (χ0v) is 14.0. The van der Waals surface area contributed by atoms with Gasteiger partial charge in [-0.1, -0.05) is 19.8 Å². The molecule has 1 saturated carbocycles. The summed E-state index contributed by atoms with van der Waals surface area (Å²) in [6.45, 7) is 5.28. The summed E-state index contributed by atoms with van der Waals surface area (Å²) in [5.41, 5.74) is 0. The topological polar surface area (TPSA) is 58.6 Å². The Kier molecular flexibility index (Phi) is 8.93. The summed E-state index contributed by atoms with van der Waals surface area (Å²) in [5, 5.41) is 13.2. The second-order valence-electron chi connectivity index (χ2n) is 6.26. The number of rotatable bonds is 9. The van der Waals surface area contributed by atoms with Gasteiger partial charge in [-0.2, -0.15) is 0 Å². The summed E-state index contributed by atoms with van der Waals surface area (Å²) in [6.07, 6.45) is 7.26. The smallest absolute Gasteiger partial charge is 0.0897 e. The average molecular weight is 305 g/mol. The minimum Gasteiger partial charge on any atom is -0.389 e. The van der Waals surface area contributed by atoms with E-state index in [4.69, 9.17) is 4.74 Å². The lowest BCUT2D eigenvalue weighted by Crippen LogP contribution is -2.37. The first-order valence-electron chi connectivity index (χ1n) is 7.80. The molecule has 0 aromatic carbocycles. The number of aliphatic hydroxyl groups is 1. The van der Waals surface area contributed by atoms with Gasteiger partial charge in [-0.05, 0) is 32.1 Å². The van der Waals surface area contributed by atoms with Crippen molar-refractivity contribution in [3.63, 3.8) is 0 Å². The molecule has 120 valence electrons. The maximum atomic E-state index is 11.0. The Bertz CT molecular complexity index is 288. The highest BCUT2D eigenvalue weighted by Gasteiger charge is 2.20. The van der Waals surface area contributed by atoms with Crippen molar-refractivity contribution in [2.24, 2.45) is 5.92 Å². The van der Waals surface area contributed by atoms with E-state index in [1.165, 1.54) is 12.8 Å². The van der Waals surface area contributed by atoms with E-state index >= 15 is 0 Å². The largest absolute Gasteiger partial charge is 0.389 e. The number of hydrogen-bond donors (Lipinski definition) is 2. The van der Waals surface area contributed by atoms with Crippen LogP contribution in [0.15, 0.2) is 0 Å². The lowest BCUT2D eigenvalue weighted by Gasteiger charge is -2.28. The monoisotopic (exact) mass is 305 g/mol. The van der Waals surface area contributed by atoms with E-state index in [1.807, 2.05) is 0 Å². The second-order valence-corrected chi connectivity index (χ2v) is 7.81. The zero-order valence-electron chi connectivity index (χ0n) is 13.1. The molecule has 5 heteroatoms. The van der Waals surface area contributed by atoms with Crippen LogP contribution in [0.4, 0.5) is 0 Å². The Morgan fingerprint density at radius 1 is 1.45 bits per heavy atom. The Morgan fingerprint density at radius 3 is 2.85 bits per heavy atom. The van der Waals surface area contributed by atoms with Crippen molar-refractivity contribution in [3.05, 3.63) is 0 Å². The van der Waals surface area contributed by atoms with Crippen molar-refractivity contribution < 1.29 is 14.1 Å². The fourth-order valence-corrected chi connectivity index (χ4v) is 3.30. The van der Waals surface area contributed by atoms with Gasteiger partial charge in [0.05, 0.1) is 18.8 Å². The van der Waals surface area contributed by atoms with Gasteiger partial charge in [0.15, 0.2) is 0 Å². The van der Waals surface area contributed by atoms with Crippen LogP contribution in [0.5, 0.6) is 0 Å². The van der Waals surface area contributed by atoms with Crippen LogP contribution < -0.4 is 5.32 Å². The van der Waals surface area contributed by atoms with Gasteiger partial charge in [-0.25, -0.2) is 0 Å². The molecule has 1 aliphatic rings. The third-order valence-corrected chi connectivity index (χ3v) is 4.76. The molecule has 5 unspecified atom stereocenters. The molecule has 4 nitrogen and oxygen atoms in total. The molecular formula is C15H31NO3S. The van der Waals surface area contributed by atoms with E-state index in [-0.39, 0.29) is 6.04 Å². The Balaban J connectivity index is 2.07. The molecule has 0 aromatic heterocycles. The van der Waals surface area contributed by atoms with E-state index < -0.39 is 16.9 Å². The van der Waals surface area contributed by atoms with Crippen molar-refractivity contribution >= 4 is 10.8 Å². The first-order chi connectivity index (χ1) is 9.47. The molecule has 1 rings (SSSR count). The summed E-state index contributed by atoms with van der Waals surface area (Å²) in [5.74, 6) is 1.46. The molecule has 0 aliphatic heterocycles. The van der Waals surface area contributed by atoms with Gasteiger partial charge in [-0.3, -0.25) is 4.21 Å². The molecule has 0 spiro atoms. The molecule has 1 aliphatic carbocycles. The van der Waals surface area contributed by atoms with Crippen LogP contribution in [0.2, 0.25) is 0 Å². The molecule has 2 N–H and O–H groups in total. The van der Waals surface area contributed by atoms with Crippen molar-refractivity contribution in [2.75, 3.05) is 25.2 Å². The normalized spacial score (nSPS) is 28.0. The van der Waals surface area contributed by atoms with Gasteiger partial charge in [-0.15, -0.1) is 0 Å². The molecular weight excluding hydrogens is 274 g/mol. The van der Waals surface area contributed by atoms with Gasteiger partial charge in [0.2, 0.25) is 0 Å². The average Bonchev–Trinajstić information content (AvgIpc) is 2.40. The highest BCUT2D eigenvalue weighted by molar-refractivity contribution is 7.84. The Labute approximate surface area is 126 Å². The molecule has 0 saturated heterocycles. The van der Waals surface area contributed by atoms with E-state index in [0.717, 1.165) is 25.2 Å². The molecule has 1 fully saturated rings.